The largest absolute Gasteiger partial charge is 0.507 e. The van der Waals surface area contributed by atoms with Crippen LogP contribution in [0.5, 0.6) is 5.75 Å². The SMILES string of the molecule is CC(C)c1cc(C(C)(C)C)c(O)c(C(C)(C)C)c1N. The Labute approximate surface area is 118 Å². The minimum Gasteiger partial charge on any atom is -0.507 e. The predicted octanol–water partition coefficient (Wildman–Crippen LogP) is 4.69. The summed E-state index contributed by atoms with van der Waals surface area (Å²) in [6, 6.07) is 2.07. The average molecular weight is 263 g/mol. The predicted molar refractivity (Wildman–Crippen MR) is 84.0 cm³/mol. The molecule has 1 rings (SSSR count). The first-order chi connectivity index (χ1) is 8.37. The third kappa shape index (κ3) is 3.05. The second kappa shape index (κ2) is 4.73. The summed E-state index contributed by atoms with van der Waals surface area (Å²) in [5, 5.41) is 10.7. The van der Waals surface area contributed by atoms with E-state index in [9.17, 15) is 5.11 Å². The second-order valence-corrected chi connectivity index (χ2v) is 7.81. The molecule has 2 nitrogen and oxygen atoms in total. The molecule has 0 aromatic heterocycles. The summed E-state index contributed by atoms with van der Waals surface area (Å²) in [6.07, 6.45) is 0. The molecule has 0 aliphatic carbocycles. The van der Waals surface area contributed by atoms with Crippen molar-refractivity contribution >= 4 is 5.69 Å². The van der Waals surface area contributed by atoms with Gasteiger partial charge in [-0.25, -0.2) is 0 Å². The Morgan fingerprint density at radius 3 is 1.79 bits per heavy atom. The van der Waals surface area contributed by atoms with E-state index in [1.54, 1.807) is 0 Å². The van der Waals surface area contributed by atoms with E-state index in [2.05, 4.69) is 61.5 Å². The third-order valence-corrected chi connectivity index (χ3v) is 3.55. The van der Waals surface area contributed by atoms with Crippen molar-refractivity contribution in [3.8, 4) is 5.75 Å². The molecule has 0 aliphatic rings. The zero-order valence-corrected chi connectivity index (χ0v) is 13.7. The van der Waals surface area contributed by atoms with Gasteiger partial charge in [0, 0.05) is 11.3 Å². The number of anilines is 1. The van der Waals surface area contributed by atoms with Crippen molar-refractivity contribution in [2.24, 2.45) is 0 Å². The molecule has 0 spiro atoms. The summed E-state index contributed by atoms with van der Waals surface area (Å²) in [7, 11) is 0. The van der Waals surface area contributed by atoms with Crippen LogP contribution in [0.1, 0.15) is 78.0 Å². The minimum absolute atomic E-state index is 0.0958. The first kappa shape index (κ1) is 15.9. The van der Waals surface area contributed by atoms with Gasteiger partial charge in [0.2, 0.25) is 0 Å². The van der Waals surface area contributed by atoms with Crippen LogP contribution >= 0.6 is 0 Å². The van der Waals surface area contributed by atoms with Gasteiger partial charge in [0.05, 0.1) is 0 Å². The highest BCUT2D eigenvalue weighted by molar-refractivity contribution is 5.66. The Morgan fingerprint density at radius 2 is 1.47 bits per heavy atom. The van der Waals surface area contributed by atoms with Crippen LogP contribution in [-0.4, -0.2) is 5.11 Å². The molecule has 1 aromatic carbocycles. The zero-order valence-electron chi connectivity index (χ0n) is 13.7. The molecule has 0 aliphatic heterocycles. The Morgan fingerprint density at radius 1 is 1.00 bits per heavy atom. The molecule has 0 saturated heterocycles. The van der Waals surface area contributed by atoms with Gasteiger partial charge in [0.25, 0.3) is 0 Å². The fourth-order valence-electron chi connectivity index (χ4n) is 2.52. The highest BCUT2D eigenvalue weighted by Crippen LogP contribution is 2.45. The van der Waals surface area contributed by atoms with Crippen molar-refractivity contribution in [3.63, 3.8) is 0 Å². The van der Waals surface area contributed by atoms with Gasteiger partial charge in [0.1, 0.15) is 5.75 Å². The van der Waals surface area contributed by atoms with Crippen LogP contribution in [0.4, 0.5) is 5.69 Å². The molecular formula is C17H29NO. The number of rotatable bonds is 1. The molecule has 0 atom stereocenters. The summed E-state index contributed by atoms with van der Waals surface area (Å²) in [6.45, 7) is 16.9. The van der Waals surface area contributed by atoms with Crippen molar-refractivity contribution in [2.45, 2.75) is 72.1 Å². The van der Waals surface area contributed by atoms with Gasteiger partial charge in [-0.1, -0.05) is 55.4 Å². The Kier molecular flexibility index (Phi) is 3.96. The van der Waals surface area contributed by atoms with Crippen LogP contribution < -0.4 is 5.73 Å². The fraction of sp³-hybridized carbons (Fsp3) is 0.647. The van der Waals surface area contributed by atoms with E-state index in [1.165, 1.54) is 0 Å². The van der Waals surface area contributed by atoms with Gasteiger partial charge in [-0.3, -0.25) is 0 Å². The van der Waals surface area contributed by atoms with Gasteiger partial charge in [0.15, 0.2) is 0 Å². The van der Waals surface area contributed by atoms with Crippen LogP contribution in [-0.2, 0) is 10.8 Å². The number of hydrogen-bond donors (Lipinski definition) is 2. The first-order valence-electron chi connectivity index (χ1n) is 7.03. The van der Waals surface area contributed by atoms with E-state index in [0.29, 0.717) is 11.7 Å². The van der Waals surface area contributed by atoms with Crippen molar-refractivity contribution < 1.29 is 5.11 Å². The normalized spacial score (nSPS) is 13.1. The summed E-state index contributed by atoms with van der Waals surface area (Å²) in [4.78, 5) is 0. The number of phenolic OH excluding ortho intramolecular Hbond substituents is 1. The van der Waals surface area contributed by atoms with Crippen LogP contribution in [0, 0.1) is 0 Å². The summed E-state index contributed by atoms with van der Waals surface area (Å²) in [5.74, 6) is 0.713. The van der Waals surface area contributed by atoms with Gasteiger partial charge in [-0.2, -0.15) is 0 Å². The van der Waals surface area contributed by atoms with Crippen molar-refractivity contribution in [2.75, 3.05) is 5.73 Å². The molecule has 3 N–H and O–H groups in total. The number of phenols is 1. The molecule has 0 radical (unpaired) electrons. The first-order valence-corrected chi connectivity index (χ1v) is 7.03. The lowest BCUT2D eigenvalue weighted by molar-refractivity contribution is 0.423. The maximum absolute atomic E-state index is 10.7. The molecule has 19 heavy (non-hydrogen) atoms. The standard InChI is InChI=1S/C17H29NO/c1-10(2)11-9-12(16(3,4)5)15(19)13(14(11)18)17(6,7)8/h9-10,19H,18H2,1-8H3. The Hall–Kier alpha value is -1.18. The molecule has 2 heteroatoms. The summed E-state index contributed by atoms with van der Waals surface area (Å²) >= 11 is 0. The van der Waals surface area contributed by atoms with Gasteiger partial charge in [-0.05, 0) is 33.9 Å². The highest BCUT2D eigenvalue weighted by Gasteiger charge is 2.29. The zero-order chi connectivity index (χ0) is 15.2. The highest BCUT2D eigenvalue weighted by atomic mass is 16.3. The smallest absolute Gasteiger partial charge is 0.125 e. The number of hydrogen-bond acceptors (Lipinski definition) is 2. The second-order valence-electron chi connectivity index (χ2n) is 7.81. The lowest BCUT2D eigenvalue weighted by Crippen LogP contribution is -2.20. The van der Waals surface area contributed by atoms with Crippen LogP contribution in [0.3, 0.4) is 0 Å². The molecule has 0 heterocycles. The van der Waals surface area contributed by atoms with Gasteiger partial charge < -0.3 is 10.8 Å². The summed E-state index contributed by atoms with van der Waals surface area (Å²) < 4.78 is 0. The number of nitrogen functional groups attached to an aromatic ring is 1. The quantitative estimate of drug-likeness (QED) is 0.722. The van der Waals surface area contributed by atoms with Gasteiger partial charge in [-0.15, -0.1) is 0 Å². The van der Waals surface area contributed by atoms with E-state index in [1.807, 2.05) is 0 Å². The Balaban J connectivity index is 3.77. The fourth-order valence-corrected chi connectivity index (χ4v) is 2.52. The Bertz CT molecular complexity index is 474. The lowest BCUT2D eigenvalue weighted by Gasteiger charge is -2.31. The van der Waals surface area contributed by atoms with E-state index < -0.39 is 0 Å². The monoisotopic (exact) mass is 263 g/mol. The van der Waals surface area contributed by atoms with Crippen molar-refractivity contribution in [1.82, 2.24) is 0 Å². The number of benzene rings is 1. The molecule has 0 amide bonds. The third-order valence-electron chi connectivity index (χ3n) is 3.55. The van der Waals surface area contributed by atoms with Crippen LogP contribution in [0.25, 0.3) is 0 Å². The van der Waals surface area contributed by atoms with E-state index in [4.69, 9.17) is 5.73 Å². The molecule has 0 bridgehead atoms. The van der Waals surface area contributed by atoms with Crippen LogP contribution in [0.15, 0.2) is 6.07 Å². The van der Waals surface area contributed by atoms with Gasteiger partial charge >= 0.3 is 0 Å². The van der Waals surface area contributed by atoms with Crippen molar-refractivity contribution in [1.29, 1.82) is 0 Å². The molecule has 1 aromatic rings. The topological polar surface area (TPSA) is 46.2 Å². The number of nitrogens with two attached hydrogens (primary N) is 1. The maximum Gasteiger partial charge on any atom is 0.125 e. The van der Waals surface area contributed by atoms with E-state index in [0.717, 1.165) is 22.4 Å². The molecule has 0 saturated carbocycles. The molecular weight excluding hydrogens is 234 g/mol. The van der Waals surface area contributed by atoms with E-state index in [-0.39, 0.29) is 10.8 Å². The lowest BCUT2D eigenvalue weighted by atomic mass is 9.76. The van der Waals surface area contributed by atoms with Crippen LogP contribution in [0.2, 0.25) is 0 Å². The summed E-state index contributed by atoms with van der Waals surface area (Å²) in [5.41, 5.74) is 9.80. The minimum atomic E-state index is -0.168. The van der Waals surface area contributed by atoms with Crippen molar-refractivity contribution in [3.05, 3.63) is 22.8 Å². The molecule has 0 fully saturated rings. The molecule has 0 unspecified atom stereocenters. The molecule has 108 valence electrons. The number of aromatic hydroxyl groups is 1. The maximum atomic E-state index is 10.7. The van der Waals surface area contributed by atoms with E-state index >= 15 is 0 Å². The average Bonchev–Trinajstić information content (AvgIpc) is 2.12.